The quantitative estimate of drug-likeness (QED) is 0.699. The zero-order valence-electron chi connectivity index (χ0n) is 16.5. The highest BCUT2D eigenvalue weighted by atomic mass is 16.6. The number of rotatable bonds is 6. The van der Waals surface area contributed by atoms with Crippen molar-refractivity contribution in [2.75, 3.05) is 27.3 Å². The number of H-pyrrole nitrogens is 1. The molecule has 1 saturated carbocycles. The first kappa shape index (κ1) is 18.7. The number of aromatic amines is 1. The Balaban J connectivity index is 1.56. The molecule has 3 aromatic rings. The number of carbonyl (C=O) groups is 1. The van der Waals surface area contributed by atoms with Crippen molar-refractivity contribution in [2.45, 2.75) is 38.2 Å². The number of likely N-dealkylation sites (N-methyl/N-ethyl adjacent to an activating group) is 1. The molecule has 0 unspecified atom stereocenters. The summed E-state index contributed by atoms with van der Waals surface area (Å²) < 4.78 is 12.9. The van der Waals surface area contributed by atoms with Crippen LogP contribution >= 0.6 is 0 Å². The minimum absolute atomic E-state index is 0.122. The van der Waals surface area contributed by atoms with E-state index in [1.807, 2.05) is 12.3 Å². The highest BCUT2D eigenvalue weighted by Crippen LogP contribution is 2.42. The molecule has 3 aromatic heterocycles. The molecule has 3 heterocycles. The molecule has 0 aromatic carbocycles. The van der Waals surface area contributed by atoms with Crippen LogP contribution in [-0.2, 0) is 9.47 Å². The molecule has 0 spiro atoms. The molecule has 0 aliphatic heterocycles. The number of amides is 1. The summed E-state index contributed by atoms with van der Waals surface area (Å²) in [5.74, 6) is 1.49. The minimum Gasteiger partial charge on any atom is -0.446 e. The molecule has 28 heavy (non-hydrogen) atoms. The summed E-state index contributed by atoms with van der Waals surface area (Å²) >= 11 is 0. The van der Waals surface area contributed by atoms with Gasteiger partial charge >= 0.3 is 6.09 Å². The number of hydrogen-bond acceptors (Lipinski definition) is 6. The Morgan fingerprint density at radius 1 is 1.39 bits per heavy atom. The van der Waals surface area contributed by atoms with Crippen molar-refractivity contribution in [3.05, 3.63) is 24.3 Å². The second kappa shape index (κ2) is 7.75. The van der Waals surface area contributed by atoms with Crippen LogP contribution in [0.1, 0.15) is 37.9 Å². The van der Waals surface area contributed by atoms with Gasteiger partial charge in [0, 0.05) is 32.8 Å². The fraction of sp³-hybridized carbons (Fsp3) is 0.579. The first-order valence-corrected chi connectivity index (χ1v) is 9.70. The number of nitrogens with zero attached hydrogens (tertiary/aromatic N) is 5. The molecule has 1 amide bonds. The van der Waals surface area contributed by atoms with Crippen molar-refractivity contribution in [3.8, 4) is 0 Å². The fourth-order valence-corrected chi connectivity index (χ4v) is 4.13. The maximum absolute atomic E-state index is 12.3. The number of fused-ring (bicyclic) bond motifs is 3. The first-order valence-electron chi connectivity index (χ1n) is 9.70. The summed E-state index contributed by atoms with van der Waals surface area (Å²) in [6.45, 7) is 3.17. The summed E-state index contributed by atoms with van der Waals surface area (Å²) in [6.07, 6.45) is 5.75. The van der Waals surface area contributed by atoms with Crippen LogP contribution in [0, 0.1) is 5.92 Å². The minimum atomic E-state index is -0.305. The van der Waals surface area contributed by atoms with Gasteiger partial charge in [-0.05, 0) is 24.8 Å². The molecule has 3 atom stereocenters. The van der Waals surface area contributed by atoms with Gasteiger partial charge in [-0.15, -0.1) is 10.2 Å². The lowest BCUT2D eigenvalue weighted by molar-refractivity contribution is 0.0622. The molecule has 0 saturated heterocycles. The van der Waals surface area contributed by atoms with Gasteiger partial charge in [-0.1, -0.05) is 13.3 Å². The molecule has 9 heteroatoms. The van der Waals surface area contributed by atoms with Gasteiger partial charge in [-0.3, -0.25) is 4.40 Å². The van der Waals surface area contributed by atoms with Gasteiger partial charge in [0.05, 0.1) is 18.3 Å². The van der Waals surface area contributed by atoms with Crippen molar-refractivity contribution >= 4 is 22.9 Å². The highest BCUT2D eigenvalue weighted by molar-refractivity contribution is 5.74. The van der Waals surface area contributed by atoms with Gasteiger partial charge in [-0.2, -0.15) is 0 Å². The normalized spacial score (nSPS) is 22.2. The van der Waals surface area contributed by atoms with Gasteiger partial charge in [0.15, 0.2) is 11.3 Å². The molecule has 1 fully saturated rings. The summed E-state index contributed by atoms with van der Waals surface area (Å²) in [5.41, 5.74) is 2.51. The zero-order valence-corrected chi connectivity index (χ0v) is 16.5. The summed E-state index contributed by atoms with van der Waals surface area (Å²) in [7, 11) is 3.35. The Labute approximate surface area is 163 Å². The fourth-order valence-electron chi connectivity index (χ4n) is 4.13. The van der Waals surface area contributed by atoms with Crippen LogP contribution in [0.15, 0.2) is 18.5 Å². The van der Waals surface area contributed by atoms with E-state index in [0.717, 1.165) is 41.9 Å². The second-order valence-electron chi connectivity index (χ2n) is 7.39. The van der Waals surface area contributed by atoms with Crippen molar-refractivity contribution in [3.63, 3.8) is 0 Å². The van der Waals surface area contributed by atoms with Gasteiger partial charge in [0.2, 0.25) is 0 Å². The number of aromatic nitrogens is 5. The van der Waals surface area contributed by atoms with E-state index in [2.05, 4.69) is 31.5 Å². The molecular formula is C19H26N6O3. The smallest absolute Gasteiger partial charge is 0.409 e. The molecule has 0 radical (unpaired) electrons. The predicted molar refractivity (Wildman–Crippen MR) is 103 cm³/mol. The van der Waals surface area contributed by atoms with Crippen molar-refractivity contribution < 1.29 is 14.3 Å². The van der Waals surface area contributed by atoms with Crippen LogP contribution < -0.4 is 0 Å². The number of hydrogen-bond donors (Lipinski definition) is 1. The van der Waals surface area contributed by atoms with E-state index in [1.165, 1.54) is 0 Å². The lowest BCUT2D eigenvalue weighted by atomic mass is 9.93. The maximum atomic E-state index is 12.3. The van der Waals surface area contributed by atoms with Crippen LogP contribution in [0.4, 0.5) is 4.79 Å². The van der Waals surface area contributed by atoms with Gasteiger partial charge < -0.3 is 19.4 Å². The lowest BCUT2D eigenvalue weighted by Gasteiger charge is -2.19. The number of methoxy groups -OCH3 is 1. The zero-order chi connectivity index (χ0) is 19.7. The molecule has 9 nitrogen and oxygen atoms in total. The Bertz CT molecular complexity index is 967. The summed E-state index contributed by atoms with van der Waals surface area (Å²) in [4.78, 5) is 21.4. The van der Waals surface area contributed by atoms with Crippen LogP contribution in [0.2, 0.25) is 0 Å². The summed E-state index contributed by atoms with van der Waals surface area (Å²) in [6, 6.07) is 1.99. The average molecular weight is 386 g/mol. The van der Waals surface area contributed by atoms with E-state index in [9.17, 15) is 4.79 Å². The highest BCUT2D eigenvalue weighted by Gasteiger charge is 2.39. The molecule has 1 aliphatic carbocycles. The van der Waals surface area contributed by atoms with E-state index in [0.29, 0.717) is 19.1 Å². The Morgan fingerprint density at radius 2 is 2.25 bits per heavy atom. The second-order valence-corrected chi connectivity index (χ2v) is 7.39. The number of ether oxygens (including phenoxy) is 2. The van der Waals surface area contributed by atoms with E-state index in [1.54, 1.807) is 25.3 Å². The SMILES string of the molecule is CC[C@@H]1C[C@H](OC(=O)N(C)CCOC)C[C@@H]1c1nnc2cnc3[nH]ccc3n12. The van der Waals surface area contributed by atoms with Gasteiger partial charge in [-0.25, -0.2) is 9.78 Å². The summed E-state index contributed by atoms with van der Waals surface area (Å²) in [5, 5.41) is 8.80. The first-order chi connectivity index (χ1) is 13.6. The van der Waals surface area contributed by atoms with Gasteiger partial charge in [0.1, 0.15) is 11.9 Å². The third kappa shape index (κ3) is 3.30. The van der Waals surface area contributed by atoms with Crippen molar-refractivity contribution in [1.82, 2.24) is 29.5 Å². The molecule has 0 bridgehead atoms. The molecule has 1 aliphatic rings. The Hall–Kier alpha value is -2.68. The van der Waals surface area contributed by atoms with E-state index in [-0.39, 0.29) is 18.1 Å². The van der Waals surface area contributed by atoms with E-state index in [4.69, 9.17) is 9.47 Å². The Kier molecular flexibility index (Phi) is 5.17. The average Bonchev–Trinajstić information content (AvgIpc) is 3.41. The predicted octanol–water partition coefficient (Wildman–Crippen LogP) is 2.59. The maximum Gasteiger partial charge on any atom is 0.409 e. The largest absolute Gasteiger partial charge is 0.446 e. The van der Waals surface area contributed by atoms with Crippen LogP contribution in [0.3, 0.4) is 0 Å². The topological polar surface area (TPSA) is 97.6 Å². The lowest BCUT2D eigenvalue weighted by Crippen LogP contribution is -2.33. The molecule has 1 N–H and O–H groups in total. The van der Waals surface area contributed by atoms with Crippen LogP contribution in [-0.4, -0.2) is 69.0 Å². The number of nitrogens with one attached hydrogen (secondary N) is 1. The van der Waals surface area contributed by atoms with Crippen molar-refractivity contribution in [2.24, 2.45) is 5.92 Å². The monoisotopic (exact) mass is 386 g/mol. The molecule has 4 rings (SSSR count). The molecule has 150 valence electrons. The molecular weight excluding hydrogens is 360 g/mol. The Morgan fingerprint density at radius 3 is 3.04 bits per heavy atom. The third-order valence-corrected chi connectivity index (χ3v) is 5.68. The van der Waals surface area contributed by atoms with Crippen molar-refractivity contribution in [1.29, 1.82) is 0 Å². The van der Waals surface area contributed by atoms with E-state index >= 15 is 0 Å². The van der Waals surface area contributed by atoms with Gasteiger partial charge in [0.25, 0.3) is 0 Å². The van der Waals surface area contributed by atoms with E-state index < -0.39 is 0 Å². The third-order valence-electron chi connectivity index (χ3n) is 5.68. The number of carbonyl (C=O) groups excluding carboxylic acids is 1. The van der Waals surface area contributed by atoms with Crippen LogP contribution in [0.5, 0.6) is 0 Å². The standard InChI is InChI=1S/C19H26N6O3/c1-4-12-9-13(28-19(26)24(2)7-8-27-3)10-14(12)18-23-22-16-11-21-17-15(25(16)18)5-6-20-17/h5-6,11-14,20H,4,7-10H2,1-3H3/t12-,13+,14+/m1/s1. The van der Waals surface area contributed by atoms with Crippen LogP contribution in [0.25, 0.3) is 16.8 Å².